The second-order valence-electron chi connectivity index (χ2n) is 4.15. The zero-order valence-corrected chi connectivity index (χ0v) is 9.91. The molecule has 0 spiro atoms. The SMILES string of the molecule is CC1CN(S(=O)(=O)CCCN)CCC1O. The Bertz CT molecular complexity index is 292. The molecule has 1 aliphatic rings. The number of hydrogen-bond acceptors (Lipinski definition) is 4. The summed E-state index contributed by atoms with van der Waals surface area (Å²) in [5.41, 5.74) is 5.29. The second-order valence-corrected chi connectivity index (χ2v) is 6.24. The van der Waals surface area contributed by atoms with E-state index in [-0.39, 0.29) is 17.8 Å². The van der Waals surface area contributed by atoms with Gasteiger partial charge < -0.3 is 10.8 Å². The van der Waals surface area contributed by atoms with Crippen molar-refractivity contribution in [3.8, 4) is 0 Å². The van der Waals surface area contributed by atoms with Crippen LogP contribution < -0.4 is 5.73 Å². The number of hydrogen-bond donors (Lipinski definition) is 2. The van der Waals surface area contributed by atoms with E-state index in [0.717, 1.165) is 0 Å². The van der Waals surface area contributed by atoms with Gasteiger partial charge in [0.2, 0.25) is 10.0 Å². The normalized spacial score (nSPS) is 29.3. The Morgan fingerprint density at radius 1 is 1.53 bits per heavy atom. The zero-order chi connectivity index (χ0) is 11.5. The minimum atomic E-state index is -3.16. The first kappa shape index (κ1) is 12.9. The van der Waals surface area contributed by atoms with Crippen LogP contribution in [0.2, 0.25) is 0 Å². The Labute approximate surface area is 91.3 Å². The van der Waals surface area contributed by atoms with E-state index in [1.54, 1.807) is 0 Å². The van der Waals surface area contributed by atoms with Crippen molar-refractivity contribution in [3.63, 3.8) is 0 Å². The number of nitrogens with zero attached hydrogens (tertiary/aromatic N) is 1. The lowest BCUT2D eigenvalue weighted by atomic mass is 9.99. The molecule has 0 bridgehead atoms. The fourth-order valence-electron chi connectivity index (χ4n) is 1.74. The van der Waals surface area contributed by atoms with Crippen LogP contribution in [-0.4, -0.2) is 49.3 Å². The quantitative estimate of drug-likeness (QED) is 0.680. The van der Waals surface area contributed by atoms with Crippen LogP contribution in [0, 0.1) is 5.92 Å². The predicted molar refractivity (Wildman–Crippen MR) is 58.8 cm³/mol. The average molecular weight is 236 g/mol. The van der Waals surface area contributed by atoms with Crippen LogP contribution in [0.5, 0.6) is 0 Å². The van der Waals surface area contributed by atoms with Gasteiger partial charge in [0.25, 0.3) is 0 Å². The van der Waals surface area contributed by atoms with E-state index in [9.17, 15) is 13.5 Å². The predicted octanol–water partition coefficient (Wildman–Crippen LogP) is -0.632. The molecule has 0 radical (unpaired) electrons. The highest BCUT2D eigenvalue weighted by Gasteiger charge is 2.30. The van der Waals surface area contributed by atoms with E-state index in [4.69, 9.17) is 5.73 Å². The zero-order valence-electron chi connectivity index (χ0n) is 9.09. The van der Waals surface area contributed by atoms with E-state index in [2.05, 4.69) is 0 Å². The number of aliphatic hydroxyl groups is 1. The van der Waals surface area contributed by atoms with E-state index in [1.807, 2.05) is 6.92 Å². The van der Waals surface area contributed by atoms with Gasteiger partial charge in [-0.1, -0.05) is 6.92 Å². The first-order valence-corrected chi connectivity index (χ1v) is 6.94. The lowest BCUT2D eigenvalue weighted by Gasteiger charge is -2.33. The summed E-state index contributed by atoms with van der Waals surface area (Å²) < 4.78 is 25.0. The van der Waals surface area contributed by atoms with Gasteiger partial charge in [-0.25, -0.2) is 12.7 Å². The Hall–Kier alpha value is -0.170. The minimum absolute atomic E-state index is 0.0198. The van der Waals surface area contributed by atoms with Gasteiger partial charge in [0, 0.05) is 13.1 Å². The van der Waals surface area contributed by atoms with E-state index < -0.39 is 10.0 Å². The van der Waals surface area contributed by atoms with Crippen LogP contribution in [-0.2, 0) is 10.0 Å². The third-order valence-electron chi connectivity index (χ3n) is 2.82. The van der Waals surface area contributed by atoms with Crippen molar-refractivity contribution < 1.29 is 13.5 Å². The molecular formula is C9H20N2O3S. The molecule has 1 aliphatic heterocycles. The van der Waals surface area contributed by atoms with Crippen molar-refractivity contribution in [2.45, 2.75) is 25.9 Å². The van der Waals surface area contributed by atoms with E-state index in [0.29, 0.717) is 32.5 Å². The van der Waals surface area contributed by atoms with Crippen LogP contribution in [0.15, 0.2) is 0 Å². The van der Waals surface area contributed by atoms with Gasteiger partial charge in [0.15, 0.2) is 0 Å². The lowest BCUT2D eigenvalue weighted by molar-refractivity contribution is 0.0629. The first-order chi connectivity index (χ1) is 6.97. The molecule has 5 nitrogen and oxygen atoms in total. The first-order valence-electron chi connectivity index (χ1n) is 5.33. The number of aliphatic hydroxyl groups excluding tert-OH is 1. The molecule has 0 saturated carbocycles. The summed E-state index contributed by atoms with van der Waals surface area (Å²) in [5.74, 6) is 0.137. The van der Waals surface area contributed by atoms with Crippen LogP contribution in [0.25, 0.3) is 0 Å². The summed E-state index contributed by atoms with van der Waals surface area (Å²) in [4.78, 5) is 0. The molecule has 90 valence electrons. The van der Waals surface area contributed by atoms with Crippen molar-refractivity contribution in [1.29, 1.82) is 0 Å². The molecule has 0 amide bonds. The molecule has 0 aromatic carbocycles. The molecule has 2 unspecified atom stereocenters. The topological polar surface area (TPSA) is 83.6 Å². The molecule has 2 atom stereocenters. The largest absolute Gasteiger partial charge is 0.393 e. The molecular weight excluding hydrogens is 216 g/mol. The third kappa shape index (κ3) is 3.41. The maximum Gasteiger partial charge on any atom is 0.214 e. The Balaban J connectivity index is 2.57. The van der Waals surface area contributed by atoms with Gasteiger partial charge in [0.1, 0.15) is 0 Å². The summed E-state index contributed by atoms with van der Waals surface area (Å²) in [6.07, 6.45) is 0.657. The summed E-state index contributed by atoms with van der Waals surface area (Å²) in [6, 6.07) is 0. The molecule has 0 aromatic rings. The molecule has 0 aromatic heterocycles. The molecule has 1 fully saturated rings. The smallest absolute Gasteiger partial charge is 0.214 e. The fourth-order valence-corrected chi connectivity index (χ4v) is 3.38. The van der Waals surface area contributed by atoms with Crippen molar-refractivity contribution in [1.82, 2.24) is 4.31 Å². The lowest BCUT2D eigenvalue weighted by Crippen LogP contribution is -2.45. The average Bonchev–Trinajstić information content (AvgIpc) is 2.19. The Kier molecular flexibility index (Phi) is 4.51. The van der Waals surface area contributed by atoms with Crippen LogP contribution in [0.3, 0.4) is 0 Å². The number of piperidine rings is 1. The van der Waals surface area contributed by atoms with E-state index in [1.165, 1.54) is 4.31 Å². The van der Waals surface area contributed by atoms with Crippen LogP contribution in [0.4, 0.5) is 0 Å². The highest BCUT2D eigenvalue weighted by Crippen LogP contribution is 2.19. The van der Waals surface area contributed by atoms with E-state index >= 15 is 0 Å². The Morgan fingerprint density at radius 2 is 2.20 bits per heavy atom. The number of sulfonamides is 1. The summed E-state index contributed by atoms with van der Waals surface area (Å²) in [7, 11) is -3.16. The van der Waals surface area contributed by atoms with Crippen molar-refractivity contribution in [2.24, 2.45) is 11.7 Å². The summed E-state index contributed by atoms with van der Waals surface area (Å²) >= 11 is 0. The monoisotopic (exact) mass is 236 g/mol. The minimum Gasteiger partial charge on any atom is -0.393 e. The number of nitrogens with two attached hydrogens (primary N) is 1. The molecule has 1 rings (SSSR count). The maximum atomic E-state index is 11.8. The standard InChI is InChI=1S/C9H20N2O3S/c1-8-7-11(5-3-9(8)12)15(13,14)6-2-4-10/h8-9,12H,2-7,10H2,1H3. The molecule has 0 aliphatic carbocycles. The Morgan fingerprint density at radius 3 is 2.73 bits per heavy atom. The highest BCUT2D eigenvalue weighted by atomic mass is 32.2. The van der Waals surface area contributed by atoms with Gasteiger partial charge in [-0.15, -0.1) is 0 Å². The van der Waals surface area contributed by atoms with Gasteiger partial charge in [-0.2, -0.15) is 0 Å². The molecule has 6 heteroatoms. The van der Waals surface area contributed by atoms with Gasteiger partial charge in [0.05, 0.1) is 11.9 Å². The highest BCUT2D eigenvalue weighted by molar-refractivity contribution is 7.89. The van der Waals surface area contributed by atoms with Crippen molar-refractivity contribution in [2.75, 3.05) is 25.4 Å². The van der Waals surface area contributed by atoms with Crippen LogP contribution >= 0.6 is 0 Å². The van der Waals surface area contributed by atoms with Gasteiger partial charge in [-0.3, -0.25) is 0 Å². The molecule has 1 saturated heterocycles. The van der Waals surface area contributed by atoms with Gasteiger partial charge >= 0.3 is 0 Å². The van der Waals surface area contributed by atoms with Crippen molar-refractivity contribution in [3.05, 3.63) is 0 Å². The second kappa shape index (κ2) is 5.25. The summed E-state index contributed by atoms with van der Waals surface area (Å²) in [5, 5.41) is 9.50. The summed E-state index contributed by atoms with van der Waals surface area (Å²) in [6.45, 7) is 3.12. The third-order valence-corrected chi connectivity index (χ3v) is 4.75. The molecule has 1 heterocycles. The molecule has 15 heavy (non-hydrogen) atoms. The fraction of sp³-hybridized carbons (Fsp3) is 1.00. The molecule has 3 N–H and O–H groups in total. The van der Waals surface area contributed by atoms with Gasteiger partial charge in [-0.05, 0) is 25.3 Å². The maximum absolute atomic E-state index is 11.8. The van der Waals surface area contributed by atoms with Crippen LogP contribution in [0.1, 0.15) is 19.8 Å². The number of rotatable bonds is 4. The van der Waals surface area contributed by atoms with Crippen molar-refractivity contribution >= 4 is 10.0 Å².